The van der Waals surface area contributed by atoms with Gasteiger partial charge >= 0.3 is 0 Å². The molecule has 2 aromatic rings. The highest BCUT2D eigenvalue weighted by Gasteiger charge is 2.20. The quantitative estimate of drug-likeness (QED) is 0.738. The molecule has 1 aromatic heterocycles. The molecule has 2 fully saturated rings. The highest BCUT2D eigenvalue weighted by atomic mass is 16.5. The van der Waals surface area contributed by atoms with Crippen LogP contribution in [0.25, 0.3) is 0 Å². The van der Waals surface area contributed by atoms with E-state index in [9.17, 15) is 9.59 Å². The van der Waals surface area contributed by atoms with Gasteiger partial charge in [0.05, 0.1) is 6.61 Å². The standard InChI is InChI=1S/C24H29N3O3/c28-22-9-5-15-27(22)16-18-10-12-20(13-11-18)24(29)26-23-21(8-4-14-25-23)30-17-19-6-2-1-3-7-19/h4,8,10-14,19H,1-3,5-7,9,15-17H2,(H,25,26,29). The van der Waals surface area contributed by atoms with E-state index < -0.39 is 0 Å². The Morgan fingerprint density at radius 2 is 1.90 bits per heavy atom. The number of likely N-dealkylation sites (tertiary alicyclic amines) is 1. The summed E-state index contributed by atoms with van der Waals surface area (Å²) in [4.78, 5) is 30.7. The van der Waals surface area contributed by atoms with Crippen LogP contribution in [-0.2, 0) is 11.3 Å². The van der Waals surface area contributed by atoms with Gasteiger partial charge in [-0.2, -0.15) is 0 Å². The third-order valence-corrected chi connectivity index (χ3v) is 5.96. The molecule has 158 valence electrons. The predicted molar refractivity (Wildman–Crippen MR) is 115 cm³/mol. The van der Waals surface area contributed by atoms with Gasteiger partial charge in [-0.05, 0) is 55.0 Å². The number of ether oxygens (including phenoxy) is 1. The minimum absolute atomic E-state index is 0.202. The van der Waals surface area contributed by atoms with Crippen LogP contribution in [0, 0.1) is 5.92 Å². The van der Waals surface area contributed by atoms with E-state index in [1.807, 2.05) is 29.2 Å². The normalized spacial score (nSPS) is 17.2. The van der Waals surface area contributed by atoms with Crippen molar-refractivity contribution in [1.29, 1.82) is 0 Å². The summed E-state index contributed by atoms with van der Waals surface area (Å²) in [6.45, 7) is 2.07. The van der Waals surface area contributed by atoms with Crippen LogP contribution in [0.1, 0.15) is 60.9 Å². The minimum atomic E-state index is -0.222. The molecule has 2 heterocycles. The monoisotopic (exact) mass is 407 g/mol. The fourth-order valence-corrected chi connectivity index (χ4v) is 4.20. The molecule has 1 N–H and O–H groups in total. The first-order valence-electron chi connectivity index (χ1n) is 10.9. The SMILES string of the molecule is O=C(Nc1ncccc1OCC1CCCCC1)c1ccc(CN2CCCC2=O)cc1. The maximum atomic E-state index is 12.7. The van der Waals surface area contributed by atoms with Gasteiger partial charge in [-0.15, -0.1) is 0 Å². The number of benzene rings is 1. The number of hydrogen-bond donors (Lipinski definition) is 1. The van der Waals surface area contributed by atoms with Crippen LogP contribution in [0.2, 0.25) is 0 Å². The summed E-state index contributed by atoms with van der Waals surface area (Å²) in [6, 6.07) is 11.0. The Morgan fingerprint density at radius 3 is 2.63 bits per heavy atom. The zero-order valence-corrected chi connectivity index (χ0v) is 17.3. The highest BCUT2D eigenvalue weighted by molar-refractivity contribution is 6.04. The maximum Gasteiger partial charge on any atom is 0.256 e. The van der Waals surface area contributed by atoms with E-state index in [2.05, 4.69) is 10.3 Å². The van der Waals surface area contributed by atoms with E-state index in [-0.39, 0.29) is 11.8 Å². The maximum absolute atomic E-state index is 12.7. The van der Waals surface area contributed by atoms with Gasteiger partial charge in [0, 0.05) is 31.3 Å². The molecule has 1 aliphatic carbocycles. The van der Waals surface area contributed by atoms with Crippen molar-refractivity contribution in [3.63, 3.8) is 0 Å². The highest BCUT2D eigenvalue weighted by Crippen LogP contribution is 2.27. The molecule has 2 aliphatic rings. The van der Waals surface area contributed by atoms with Crippen LogP contribution in [0.4, 0.5) is 5.82 Å². The van der Waals surface area contributed by atoms with E-state index in [4.69, 9.17) is 4.74 Å². The molecule has 6 nitrogen and oxygen atoms in total. The number of aromatic nitrogens is 1. The van der Waals surface area contributed by atoms with Gasteiger partial charge < -0.3 is 15.0 Å². The molecule has 0 radical (unpaired) electrons. The van der Waals surface area contributed by atoms with Crippen LogP contribution < -0.4 is 10.1 Å². The second-order valence-corrected chi connectivity index (χ2v) is 8.24. The van der Waals surface area contributed by atoms with Gasteiger partial charge in [0.15, 0.2) is 11.6 Å². The number of carbonyl (C=O) groups excluding carboxylic acids is 2. The fraction of sp³-hybridized carbons (Fsp3) is 0.458. The van der Waals surface area contributed by atoms with Gasteiger partial charge in [-0.3, -0.25) is 9.59 Å². The molecule has 1 saturated heterocycles. The van der Waals surface area contributed by atoms with Crippen molar-refractivity contribution in [2.75, 3.05) is 18.5 Å². The van der Waals surface area contributed by atoms with E-state index in [1.54, 1.807) is 18.3 Å². The van der Waals surface area contributed by atoms with E-state index in [0.717, 1.165) is 18.5 Å². The first-order valence-corrected chi connectivity index (χ1v) is 10.9. The zero-order chi connectivity index (χ0) is 20.8. The summed E-state index contributed by atoms with van der Waals surface area (Å²) in [5.41, 5.74) is 1.58. The summed E-state index contributed by atoms with van der Waals surface area (Å²) in [5, 5.41) is 2.87. The van der Waals surface area contributed by atoms with Crippen LogP contribution in [0.15, 0.2) is 42.6 Å². The lowest BCUT2D eigenvalue weighted by Crippen LogP contribution is -2.23. The van der Waals surface area contributed by atoms with Gasteiger partial charge in [-0.1, -0.05) is 31.4 Å². The first-order chi connectivity index (χ1) is 14.7. The van der Waals surface area contributed by atoms with Gasteiger partial charge in [0.25, 0.3) is 5.91 Å². The molecular weight excluding hydrogens is 378 g/mol. The molecule has 30 heavy (non-hydrogen) atoms. The smallest absolute Gasteiger partial charge is 0.256 e. The van der Waals surface area contributed by atoms with E-state index in [0.29, 0.717) is 42.6 Å². The average molecular weight is 408 g/mol. The number of hydrogen-bond acceptors (Lipinski definition) is 4. The predicted octanol–water partition coefficient (Wildman–Crippen LogP) is 4.42. The number of pyridine rings is 1. The molecular formula is C24H29N3O3. The van der Waals surface area contributed by atoms with Crippen molar-refractivity contribution in [2.45, 2.75) is 51.5 Å². The minimum Gasteiger partial charge on any atom is -0.489 e. The summed E-state index contributed by atoms with van der Waals surface area (Å²) in [7, 11) is 0. The van der Waals surface area contributed by atoms with Gasteiger partial charge in [-0.25, -0.2) is 4.98 Å². The Kier molecular flexibility index (Phi) is 6.62. The molecule has 0 spiro atoms. The van der Waals surface area contributed by atoms with Crippen molar-refractivity contribution in [2.24, 2.45) is 5.92 Å². The molecule has 4 rings (SSSR count). The Morgan fingerprint density at radius 1 is 1.10 bits per heavy atom. The number of nitrogens with zero attached hydrogens (tertiary/aromatic N) is 2. The van der Waals surface area contributed by atoms with Crippen molar-refractivity contribution >= 4 is 17.6 Å². The Hall–Kier alpha value is -2.89. The van der Waals surface area contributed by atoms with Crippen LogP contribution in [-0.4, -0.2) is 34.8 Å². The molecule has 6 heteroatoms. The first kappa shape index (κ1) is 20.4. The van der Waals surface area contributed by atoms with E-state index in [1.165, 1.54) is 32.1 Å². The number of carbonyl (C=O) groups is 2. The summed E-state index contributed by atoms with van der Waals surface area (Å²) in [5.74, 6) is 1.62. The molecule has 1 saturated carbocycles. The molecule has 0 unspecified atom stereocenters. The molecule has 1 aliphatic heterocycles. The molecule has 2 amide bonds. The second kappa shape index (κ2) is 9.74. The van der Waals surface area contributed by atoms with E-state index >= 15 is 0 Å². The lowest BCUT2D eigenvalue weighted by Gasteiger charge is -2.22. The number of anilines is 1. The second-order valence-electron chi connectivity index (χ2n) is 8.24. The van der Waals surface area contributed by atoms with Gasteiger partial charge in [0.1, 0.15) is 0 Å². The van der Waals surface area contributed by atoms with Crippen LogP contribution in [0.3, 0.4) is 0 Å². The Bertz CT molecular complexity index is 876. The van der Waals surface area contributed by atoms with Crippen molar-refractivity contribution < 1.29 is 14.3 Å². The van der Waals surface area contributed by atoms with Crippen molar-refractivity contribution in [3.8, 4) is 5.75 Å². The Labute approximate surface area is 177 Å². The topological polar surface area (TPSA) is 71.5 Å². The number of rotatable bonds is 7. The fourth-order valence-electron chi connectivity index (χ4n) is 4.20. The number of nitrogens with one attached hydrogen (secondary N) is 1. The van der Waals surface area contributed by atoms with Gasteiger partial charge in [0.2, 0.25) is 5.91 Å². The van der Waals surface area contributed by atoms with Crippen molar-refractivity contribution in [3.05, 3.63) is 53.7 Å². The molecule has 1 aromatic carbocycles. The largest absolute Gasteiger partial charge is 0.489 e. The summed E-state index contributed by atoms with van der Waals surface area (Å²) < 4.78 is 6.00. The summed E-state index contributed by atoms with van der Waals surface area (Å²) >= 11 is 0. The zero-order valence-electron chi connectivity index (χ0n) is 17.3. The average Bonchev–Trinajstić information content (AvgIpc) is 3.18. The summed E-state index contributed by atoms with van der Waals surface area (Å²) in [6.07, 6.45) is 9.48. The molecule has 0 bridgehead atoms. The lowest BCUT2D eigenvalue weighted by atomic mass is 9.90. The lowest BCUT2D eigenvalue weighted by molar-refractivity contribution is -0.128. The third-order valence-electron chi connectivity index (χ3n) is 5.96. The third kappa shape index (κ3) is 5.17. The van der Waals surface area contributed by atoms with Crippen molar-refractivity contribution in [1.82, 2.24) is 9.88 Å². The number of amides is 2. The molecule has 0 atom stereocenters. The Balaban J connectivity index is 1.35. The van der Waals surface area contributed by atoms with Crippen LogP contribution in [0.5, 0.6) is 5.75 Å². The van der Waals surface area contributed by atoms with Crippen LogP contribution >= 0.6 is 0 Å².